The summed E-state index contributed by atoms with van der Waals surface area (Å²) in [5.74, 6) is 1.74. The molecule has 0 aliphatic carbocycles. The van der Waals surface area contributed by atoms with Crippen LogP contribution in [0.5, 0.6) is 0 Å². The Morgan fingerprint density at radius 3 is 1.57 bits per heavy atom. The molecule has 0 radical (unpaired) electrons. The number of rotatable bonds is 6. The molecule has 0 bridgehead atoms. The predicted molar refractivity (Wildman–Crippen MR) is 258 cm³/mol. The summed E-state index contributed by atoms with van der Waals surface area (Å²) in [4.78, 5) is 15.8. The second kappa shape index (κ2) is 14.0. The van der Waals surface area contributed by atoms with Gasteiger partial charge in [0.25, 0.3) is 0 Å². The molecule has 0 saturated carbocycles. The van der Waals surface area contributed by atoms with Gasteiger partial charge in [-0.3, -0.25) is 0 Å². The number of para-hydroxylation sites is 5. The fourth-order valence-corrected chi connectivity index (χ4v) is 9.56. The highest BCUT2D eigenvalue weighted by Gasteiger charge is 2.22. The van der Waals surface area contributed by atoms with Crippen LogP contribution in [0, 0.1) is 0 Å². The quantitative estimate of drug-likeness (QED) is 0.168. The number of aromatic nitrogens is 5. The molecule has 6 heteroatoms. The summed E-state index contributed by atoms with van der Waals surface area (Å²) >= 11 is 0. The Kier molecular flexibility index (Phi) is 7.80. The SMILES string of the molecule is c1ccc(-c2nc(-c3ccc4c(c3)oc3ccccc34)nc(-c3cc(-n4c5ccccc5c5cccc(-n6c7ccccc7c7ccccc76)c54)ccc3-c3ccccc3)n2)cc1. The van der Waals surface area contributed by atoms with Gasteiger partial charge in [0.05, 0.1) is 27.8 Å². The Morgan fingerprint density at radius 1 is 0.317 bits per heavy atom. The number of benzene rings is 9. The van der Waals surface area contributed by atoms with E-state index in [0.717, 1.165) is 83.2 Å². The molecule has 0 saturated heterocycles. The van der Waals surface area contributed by atoms with Gasteiger partial charge in [0.2, 0.25) is 0 Å². The van der Waals surface area contributed by atoms with Crippen LogP contribution in [0.25, 0.3) is 122 Å². The van der Waals surface area contributed by atoms with Crippen molar-refractivity contribution in [3.8, 4) is 56.7 Å². The summed E-state index contributed by atoms with van der Waals surface area (Å²) in [5.41, 5.74) is 13.0. The lowest BCUT2D eigenvalue weighted by Crippen LogP contribution is -2.03. The van der Waals surface area contributed by atoms with Crippen LogP contribution in [0.2, 0.25) is 0 Å². The zero-order valence-corrected chi connectivity index (χ0v) is 33.9. The number of fused-ring (bicyclic) bond motifs is 9. The zero-order valence-electron chi connectivity index (χ0n) is 33.9. The Labute approximate surface area is 361 Å². The zero-order chi connectivity index (χ0) is 41.4. The minimum absolute atomic E-state index is 0.566. The van der Waals surface area contributed by atoms with Crippen molar-refractivity contribution in [2.75, 3.05) is 0 Å². The molecule has 13 rings (SSSR count). The van der Waals surface area contributed by atoms with E-state index in [2.05, 4.69) is 167 Å². The largest absolute Gasteiger partial charge is 0.456 e. The van der Waals surface area contributed by atoms with Crippen molar-refractivity contribution in [2.45, 2.75) is 0 Å². The normalized spacial score (nSPS) is 11.8. The van der Waals surface area contributed by atoms with Crippen LogP contribution in [-0.4, -0.2) is 24.1 Å². The minimum Gasteiger partial charge on any atom is -0.456 e. The van der Waals surface area contributed by atoms with E-state index in [0.29, 0.717) is 17.5 Å². The fourth-order valence-electron chi connectivity index (χ4n) is 9.56. The van der Waals surface area contributed by atoms with Crippen molar-refractivity contribution < 1.29 is 4.42 Å². The molecular formula is C57H35N5O. The first-order chi connectivity index (χ1) is 31.2. The number of hydrogen-bond acceptors (Lipinski definition) is 4. The van der Waals surface area contributed by atoms with E-state index in [4.69, 9.17) is 19.4 Å². The van der Waals surface area contributed by atoms with Crippen LogP contribution in [0.1, 0.15) is 0 Å². The predicted octanol–water partition coefficient (Wildman–Crippen LogP) is 14.6. The average Bonchev–Trinajstić information content (AvgIpc) is 4.02. The van der Waals surface area contributed by atoms with Gasteiger partial charge >= 0.3 is 0 Å². The lowest BCUT2D eigenvalue weighted by atomic mass is 9.98. The van der Waals surface area contributed by atoms with Gasteiger partial charge in [-0.2, -0.15) is 0 Å². The van der Waals surface area contributed by atoms with Gasteiger partial charge in [0.1, 0.15) is 11.2 Å². The molecule has 63 heavy (non-hydrogen) atoms. The van der Waals surface area contributed by atoms with E-state index in [-0.39, 0.29) is 0 Å². The molecule has 6 nitrogen and oxygen atoms in total. The fraction of sp³-hybridized carbons (Fsp3) is 0. The van der Waals surface area contributed by atoms with E-state index < -0.39 is 0 Å². The van der Waals surface area contributed by atoms with Gasteiger partial charge in [-0.25, -0.2) is 15.0 Å². The van der Waals surface area contributed by atoms with Gasteiger partial charge in [0.15, 0.2) is 17.5 Å². The monoisotopic (exact) mass is 805 g/mol. The van der Waals surface area contributed by atoms with Gasteiger partial charge in [-0.1, -0.05) is 158 Å². The summed E-state index contributed by atoms with van der Waals surface area (Å²) in [5, 5.41) is 6.93. The molecule has 4 heterocycles. The van der Waals surface area contributed by atoms with E-state index >= 15 is 0 Å². The maximum absolute atomic E-state index is 6.36. The molecular weight excluding hydrogens is 771 g/mol. The van der Waals surface area contributed by atoms with Crippen LogP contribution in [0.4, 0.5) is 0 Å². The summed E-state index contributed by atoms with van der Waals surface area (Å²) in [6.45, 7) is 0. The van der Waals surface area contributed by atoms with Crippen LogP contribution < -0.4 is 0 Å². The highest BCUT2D eigenvalue weighted by Crippen LogP contribution is 2.42. The molecule has 0 spiro atoms. The third-order valence-corrected chi connectivity index (χ3v) is 12.4. The maximum Gasteiger partial charge on any atom is 0.164 e. The number of hydrogen-bond donors (Lipinski definition) is 0. The molecule has 0 aliphatic rings. The van der Waals surface area contributed by atoms with Gasteiger partial charge in [0, 0.05) is 54.7 Å². The van der Waals surface area contributed by atoms with E-state index in [9.17, 15) is 0 Å². The van der Waals surface area contributed by atoms with Crippen LogP contribution in [-0.2, 0) is 0 Å². The maximum atomic E-state index is 6.36. The molecule has 0 atom stereocenters. The third-order valence-electron chi connectivity index (χ3n) is 12.4. The van der Waals surface area contributed by atoms with E-state index in [1.165, 1.54) is 21.5 Å². The first-order valence-corrected chi connectivity index (χ1v) is 21.2. The first-order valence-electron chi connectivity index (χ1n) is 21.2. The molecule has 4 aromatic heterocycles. The molecule has 294 valence electrons. The number of nitrogens with zero attached hydrogens (tertiary/aromatic N) is 5. The van der Waals surface area contributed by atoms with Crippen LogP contribution in [0.3, 0.4) is 0 Å². The molecule has 0 fully saturated rings. The molecule has 0 unspecified atom stereocenters. The molecule has 0 amide bonds. The summed E-state index contributed by atoms with van der Waals surface area (Å²) in [7, 11) is 0. The smallest absolute Gasteiger partial charge is 0.164 e. The Bertz CT molecular complexity index is 3860. The molecule has 13 aromatic rings. The lowest BCUT2D eigenvalue weighted by molar-refractivity contribution is 0.669. The van der Waals surface area contributed by atoms with Crippen molar-refractivity contribution >= 4 is 65.6 Å². The second-order valence-electron chi connectivity index (χ2n) is 16.0. The van der Waals surface area contributed by atoms with Crippen molar-refractivity contribution in [3.63, 3.8) is 0 Å². The lowest BCUT2D eigenvalue weighted by Gasteiger charge is -2.17. The number of furan rings is 1. The molecule has 0 N–H and O–H groups in total. The van der Waals surface area contributed by atoms with Crippen LogP contribution in [0.15, 0.2) is 217 Å². The minimum atomic E-state index is 0.566. The summed E-state index contributed by atoms with van der Waals surface area (Å²) in [6, 6.07) is 74.5. The summed E-state index contributed by atoms with van der Waals surface area (Å²) in [6.07, 6.45) is 0. The topological polar surface area (TPSA) is 61.7 Å². The molecule has 0 aliphatic heterocycles. The van der Waals surface area contributed by atoms with Crippen LogP contribution >= 0.6 is 0 Å². The van der Waals surface area contributed by atoms with Crippen molar-refractivity contribution in [1.29, 1.82) is 0 Å². The highest BCUT2D eigenvalue weighted by molar-refractivity contribution is 6.15. The Balaban J connectivity index is 1.09. The highest BCUT2D eigenvalue weighted by atomic mass is 16.3. The Morgan fingerprint density at radius 2 is 0.857 bits per heavy atom. The van der Waals surface area contributed by atoms with Gasteiger partial charge in [-0.15, -0.1) is 0 Å². The van der Waals surface area contributed by atoms with Crippen molar-refractivity contribution in [2.24, 2.45) is 0 Å². The van der Waals surface area contributed by atoms with Gasteiger partial charge in [-0.05, 0) is 65.7 Å². The van der Waals surface area contributed by atoms with E-state index in [1.807, 2.05) is 54.6 Å². The van der Waals surface area contributed by atoms with Crippen molar-refractivity contribution in [3.05, 3.63) is 212 Å². The first kappa shape index (κ1) is 35.2. The van der Waals surface area contributed by atoms with Gasteiger partial charge < -0.3 is 13.6 Å². The third kappa shape index (κ3) is 5.55. The van der Waals surface area contributed by atoms with Crippen molar-refractivity contribution in [1.82, 2.24) is 24.1 Å². The van der Waals surface area contributed by atoms with E-state index in [1.54, 1.807) is 0 Å². The molecule has 9 aromatic carbocycles. The average molecular weight is 806 g/mol. The Hall–Kier alpha value is -8.61. The standard InChI is InChI=1S/C57H35N5O/c1-3-16-36(17-4-1)40-33-31-39(61-48-25-11-9-22-43(48)46-24-15-28-51(54(46)61)62-49-26-12-7-20-41(49)42-21-8-13-27-50(42)62)35-47(40)57-59-55(37-18-5-2-6-19-37)58-56(60-57)38-30-32-45-44-23-10-14-29-52(44)63-53(45)34-38/h1-35H. The summed E-state index contributed by atoms with van der Waals surface area (Å²) < 4.78 is 11.2. The second-order valence-corrected chi connectivity index (χ2v) is 16.0.